The summed E-state index contributed by atoms with van der Waals surface area (Å²) in [5.41, 5.74) is 2.70. The van der Waals surface area contributed by atoms with Crippen LogP contribution in [0.15, 0.2) is 42.5 Å². The van der Waals surface area contributed by atoms with E-state index in [-0.39, 0.29) is 0 Å². The highest BCUT2D eigenvalue weighted by Crippen LogP contribution is 2.30. The summed E-state index contributed by atoms with van der Waals surface area (Å²) in [6, 6.07) is 13.1. The molecule has 2 aromatic carbocycles. The molecule has 0 saturated carbocycles. The maximum absolute atomic E-state index is 11.7. The van der Waals surface area contributed by atoms with Gasteiger partial charge in [0.1, 0.15) is 0 Å². The highest BCUT2D eigenvalue weighted by atomic mass is 16.5. The van der Waals surface area contributed by atoms with Gasteiger partial charge >= 0.3 is 5.97 Å². The van der Waals surface area contributed by atoms with E-state index in [0.717, 1.165) is 16.8 Å². The van der Waals surface area contributed by atoms with Crippen molar-refractivity contribution in [1.29, 1.82) is 0 Å². The maximum atomic E-state index is 11.7. The lowest BCUT2D eigenvalue weighted by molar-refractivity contribution is -0.138. The van der Waals surface area contributed by atoms with Gasteiger partial charge in [-0.2, -0.15) is 0 Å². The molecule has 1 unspecified atom stereocenters. The predicted molar refractivity (Wildman–Crippen MR) is 94.4 cm³/mol. The molecular formula is C19H23NO4. The summed E-state index contributed by atoms with van der Waals surface area (Å²) < 4.78 is 10.5. The highest BCUT2D eigenvalue weighted by Gasteiger charge is 2.21. The fourth-order valence-corrected chi connectivity index (χ4v) is 2.60. The van der Waals surface area contributed by atoms with E-state index in [9.17, 15) is 9.90 Å². The third-order valence-corrected chi connectivity index (χ3v) is 4.00. The van der Waals surface area contributed by atoms with E-state index in [1.54, 1.807) is 20.3 Å². The van der Waals surface area contributed by atoms with E-state index in [1.165, 1.54) is 0 Å². The lowest BCUT2D eigenvalue weighted by atomic mass is 9.91. The minimum atomic E-state index is -0.845. The van der Waals surface area contributed by atoms with Gasteiger partial charge in [-0.3, -0.25) is 4.79 Å². The zero-order valence-corrected chi connectivity index (χ0v) is 14.4. The van der Waals surface area contributed by atoms with Crippen molar-refractivity contribution in [2.24, 2.45) is 0 Å². The van der Waals surface area contributed by atoms with Crippen LogP contribution in [0.2, 0.25) is 0 Å². The first kappa shape index (κ1) is 17.7. The quantitative estimate of drug-likeness (QED) is 0.845. The van der Waals surface area contributed by atoms with Crippen LogP contribution in [0.4, 0.5) is 5.69 Å². The molecule has 0 heterocycles. The minimum absolute atomic E-state index is 0.386. The van der Waals surface area contributed by atoms with E-state index >= 15 is 0 Å². The fourth-order valence-electron chi connectivity index (χ4n) is 2.60. The average Bonchev–Trinajstić information content (AvgIpc) is 2.59. The van der Waals surface area contributed by atoms with Crippen LogP contribution < -0.4 is 14.4 Å². The third kappa shape index (κ3) is 3.98. The van der Waals surface area contributed by atoms with Crippen LogP contribution in [-0.4, -0.2) is 39.4 Å². The van der Waals surface area contributed by atoms with Crippen molar-refractivity contribution >= 4 is 11.7 Å². The summed E-state index contributed by atoms with van der Waals surface area (Å²) in [7, 11) is 7.04. The van der Waals surface area contributed by atoms with Crippen molar-refractivity contribution in [3.8, 4) is 11.5 Å². The van der Waals surface area contributed by atoms with Crippen LogP contribution in [0.3, 0.4) is 0 Å². The Bertz CT molecular complexity index is 695. The SMILES string of the molecule is COc1ccc(CC(C(=O)O)c2ccc(N(C)C)cc2)cc1OC. The van der Waals surface area contributed by atoms with E-state index in [0.29, 0.717) is 17.9 Å². The molecule has 0 saturated heterocycles. The smallest absolute Gasteiger partial charge is 0.311 e. The molecule has 0 radical (unpaired) electrons. The van der Waals surface area contributed by atoms with Gasteiger partial charge in [0.05, 0.1) is 20.1 Å². The van der Waals surface area contributed by atoms with E-state index < -0.39 is 11.9 Å². The Hall–Kier alpha value is -2.69. The number of rotatable bonds is 7. The van der Waals surface area contributed by atoms with Crippen molar-refractivity contribution < 1.29 is 19.4 Å². The Morgan fingerprint density at radius 2 is 1.67 bits per heavy atom. The Kier molecular flexibility index (Phi) is 5.68. The number of benzene rings is 2. The number of nitrogens with zero attached hydrogens (tertiary/aromatic N) is 1. The molecule has 0 amide bonds. The molecule has 0 fully saturated rings. The van der Waals surface area contributed by atoms with Gasteiger partial charge in [-0.05, 0) is 41.8 Å². The van der Waals surface area contributed by atoms with Gasteiger partial charge in [0.15, 0.2) is 11.5 Å². The van der Waals surface area contributed by atoms with Gasteiger partial charge in [-0.25, -0.2) is 0 Å². The molecule has 1 N–H and O–H groups in total. The van der Waals surface area contributed by atoms with E-state index in [1.807, 2.05) is 55.4 Å². The number of aliphatic carboxylic acids is 1. The van der Waals surface area contributed by atoms with Gasteiger partial charge in [-0.15, -0.1) is 0 Å². The van der Waals surface area contributed by atoms with Crippen LogP contribution in [0, 0.1) is 0 Å². The molecule has 2 rings (SSSR count). The molecule has 0 aliphatic carbocycles. The number of carbonyl (C=O) groups is 1. The van der Waals surface area contributed by atoms with Crippen LogP contribution in [0.25, 0.3) is 0 Å². The molecule has 1 atom stereocenters. The second-order valence-corrected chi connectivity index (χ2v) is 5.77. The average molecular weight is 329 g/mol. The number of hydrogen-bond acceptors (Lipinski definition) is 4. The Labute approximate surface area is 142 Å². The first-order valence-corrected chi connectivity index (χ1v) is 7.67. The van der Waals surface area contributed by atoms with Crippen LogP contribution in [0.1, 0.15) is 17.0 Å². The minimum Gasteiger partial charge on any atom is -0.493 e. The topological polar surface area (TPSA) is 59.0 Å². The first-order valence-electron chi connectivity index (χ1n) is 7.67. The molecule has 24 heavy (non-hydrogen) atoms. The van der Waals surface area contributed by atoms with Crippen molar-refractivity contribution in [3.63, 3.8) is 0 Å². The summed E-state index contributed by atoms with van der Waals surface area (Å²) in [6.45, 7) is 0. The molecular weight excluding hydrogens is 306 g/mol. The van der Waals surface area contributed by atoms with Crippen LogP contribution in [-0.2, 0) is 11.2 Å². The Morgan fingerprint density at radius 3 is 2.17 bits per heavy atom. The maximum Gasteiger partial charge on any atom is 0.311 e. The molecule has 5 nitrogen and oxygen atoms in total. The Balaban J connectivity index is 2.27. The summed E-state index contributed by atoms with van der Waals surface area (Å²) in [5.74, 6) is -0.229. The number of methoxy groups -OCH3 is 2. The normalized spacial score (nSPS) is 11.7. The molecule has 5 heteroatoms. The lowest BCUT2D eigenvalue weighted by Crippen LogP contribution is -2.15. The molecule has 2 aromatic rings. The van der Waals surface area contributed by atoms with E-state index in [2.05, 4.69) is 0 Å². The molecule has 128 valence electrons. The van der Waals surface area contributed by atoms with Gasteiger partial charge in [-0.1, -0.05) is 18.2 Å². The second-order valence-electron chi connectivity index (χ2n) is 5.77. The summed E-state index contributed by atoms with van der Waals surface area (Å²) in [6.07, 6.45) is 0.386. The molecule has 0 aliphatic rings. The van der Waals surface area contributed by atoms with Gasteiger partial charge in [0.2, 0.25) is 0 Å². The van der Waals surface area contributed by atoms with Gasteiger partial charge in [0, 0.05) is 19.8 Å². The summed E-state index contributed by atoms with van der Waals surface area (Å²) >= 11 is 0. The monoisotopic (exact) mass is 329 g/mol. The molecule has 0 aliphatic heterocycles. The number of carboxylic acids is 1. The number of hydrogen-bond donors (Lipinski definition) is 1. The van der Waals surface area contributed by atoms with Gasteiger partial charge in [0.25, 0.3) is 0 Å². The van der Waals surface area contributed by atoms with Crippen molar-refractivity contribution in [3.05, 3.63) is 53.6 Å². The van der Waals surface area contributed by atoms with Crippen LogP contribution >= 0.6 is 0 Å². The largest absolute Gasteiger partial charge is 0.493 e. The summed E-state index contributed by atoms with van der Waals surface area (Å²) in [4.78, 5) is 13.7. The van der Waals surface area contributed by atoms with Crippen molar-refractivity contribution in [1.82, 2.24) is 0 Å². The fraction of sp³-hybridized carbons (Fsp3) is 0.316. The zero-order valence-electron chi connectivity index (χ0n) is 14.4. The Morgan fingerprint density at radius 1 is 1.04 bits per heavy atom. The molecule has 0 aromatic heterocycles. The standard InChI is InChI=1S/C19H23NO4/c1-20(2)15-8-6-14(7-9-15)16(19(21)22)11-13-5-10-17(23-3)18(12-13)24-4/h5-10,12,16H,11H2,1-4H3,(H,21,22). The first-order chi connectivity index (χ1) is 11.5. The summed E-state index contributed by atoms with van der Waals surface area (Å²) in [5, 5.41) is 9.63. The zero-order chi connectivity index (χ0) is 17.7. The third-order valence-electron chi connectivity index (χ3n) is 4.00. The van der Waals surface area contributed by atoms with Gasteiger partial charge < -0.3 is 19.5 Å². The number of carboxylic acid groups (broad SMARTS) is 1. The highest BCUT2D eigenvalue weighted by molar-refractivity contribution is 5.77. The van der Waals surface area contributed by atoms with Crippen LogP contribution in [0.5, 0.6) is 11.5 Å². The number of ether oxygens (including phenoxy) is 2. The van der Waals surface area contributed by atoms with E-state index in [4.69, 9.17) is 9.47 Å². The number of anilines is 1. The van der Waals surface area contributed by atoms with Crippen molar-refractivity contribution in [2.75, 3.05) is 33.2 Å². The molecule has 0 bridgehead atoms. The predicted octanol–water partition coefficient (Wildman–Crippen LogP) is 3.18. The molecule has 0 spiro atoms. The second kappa shape index (κ2) is 7.73. The lowest BCUT2D eigenvalue weighted by Gasteiger charge is -2.17. The van der Waals surface area contributed by atoms with Crippen molar-refractivity contribution in [2.45, 2.75) is 12.3 Å².